The van der Waals surface area contributed by atoms with Crippen LogP contribution in [-0.4, -0.2) is 31.1 Å². The Kier molecular flexibility index (Phi) is 4.20. The minimum Gasteiger partial charge on any atom is -0.328 e. The highest BCUT2D eigenvalue weighted by atomic mass is 15.1. The molecule has 1 saturated carbocycles. The molecule has 0 bridgehead atoms. The van der Waals surface area contributed by atoms with Gasteiger partial charge < -0.3 is 10.6 Å². The summed E-state index contributed by atoms with van der Waals surface area (Å²) < 4.78 is 0. The van der Waals surface area contributed by atoms with Gasteiger partial charge in [-0.15, -0.1) is 0 Å². The van der Waals surface area contributed by atoms with Crippen LogP contribution in [0.5, 0.6) is 0 Å². The first-order valence-electron chi connectivity index (χ1n) is 5.56. The number of hydrogen-bond donors (Lipinski definition) is 1. The van der Waals surface area contributed by atoms with Crippen LogP contribution in [-0.2, 0) is 0 Å². The van der Waals surface area contributed by atoms with Gasteiger partial charge >= 0.3 is 0 Å². The molecule has 2 heteroatoms. The van der Waals surface area contributed by atoms with E-state index in [0.717, 1.165) is 11.8 Å². The van der Waals surface area contributed by atoms with E-state index in [1.165, 1.54) is 32.4 Å². The van der Waals surface area contributed by atoms with Crippen molar-refractivity contribution < 1.29 is 0 Å². The maximum absolute atomic E-state index is 5.75. The highest BCUT2D eigenvalue weighted by Crippen LogP contribution is 2.26. The number of nitrogens with two attached hydrogens (primary N) is 1. The molecule has 13 heavy (non-hydrogen) atoms. The summed E-state index contributed by atoms with van der Waals surface area (Å²) in [5.41, 5.74) is 5.75. The summed E-state index contributed by atoms with van der Waals surface area (Å²) in [7, 11) is 2.23. The molecule has 1 aliphatic carbocycles. The third-order valence-corrected chi connectivity index (χ3v) is 3.16. The predicted molar refractivity (Wildman–Crippen MR) is 57.7 cm³/mol. The van der Waals surface area contributed by atoms with Gasteiger partial charge in [-0.2, -0.15) is 0 Å². The van der Waals surface area contributed by atoms with Gasteiger partial charge in [0.25, 0.3) is 0 Å². The van der Waals surface area contributed by atoms with Gasteiger partial charge in [0.15, 0.2) is 0 Å². The standard InChI is InChI=1S/C11H24N2/c1-4-9(2)7-13(3)8-10-5-11(12)6-10/h9-11H,4-8,12H2,1-3H3. The van der Waals surface area contributed by atoms with Crippen molar-refractivity contribution in [1.29, 1.82) is 0 Å². The van der Waals surface area contributed by atoms with Gasteiger partial charge in [0.1, 0.15) is 0 Å². The first-order chi connectivity index (χ1) is 6.11. The first-order valence-corrected chi connectivity index (χ1v) is 5.56. The average molecular weight is 184 g/mol. The van der Waals surface area contributed by atoms with Gasteiger partial charge in [0.05, 0.1) is 0 Å². The predicted octanol–water partition coefficient (Wildman–Crippen LogP) is 1.70. The Labute approximate surface area is 82.5 Å². The Balaban J connectivity index is 2.07. The monoisotopic (exact) mass is 184 g/mol. The van der Waals surface area contributed by atoms with Crippen molar-refractivity contribution >= 4 is 0 Å². The van der Waals surface area contributed by atoms with Gasteiger partial charge in [0.2, 0.25) is 0 Å². The summed E-state index contributed by atoms with van der Waals surface area (Å²) in [6.45, 7) is 7.07. The van der Waals surface area contributed by atoms with Crippen molar-refractivity contribution in [3.8, 4) is 0 Å². The fourth-order valence-corrected chi connectivity index (χ4v) is 2.11. The normalized spacial score (nSPS) is 30.2. The molecule has 0 aromatic carbocycles. The third kappa shape index (κ3) is 3.65. The minimum atomic E-state index is 0.502. The van der Waals surface area contributed by atoms with Crippen LogP contribution in [0.15, 0.2) is 0 Å². The molecule has 0 aromatic heterocycles. The number of rotatable bonds is 5. The molecule has 2 nitrogen and oxygen atoms in total. The van der Waals surface area contributed by atoms with E-state index < -0.39 is 0 Å². The van der Waals surface area contributed by atoms with Crippen molar-refractivity contribution in [2.75, 3.05) is 20.1 Å². The lowest BCUT2D eigenvalue weighted by Gasteiger charge is -2.36. The largest absolute Gasteiger partial charge is 0.328 e. The molecule has 2 N–H and O–H groups in total. The molecule has 1 atom stereocenters. The second-order valence-corrected chi connectivity index (χ2v) is 4.83. The lowest BCUT2D eigenvalue weighted by Crippen LogP contribution is -2.42. The molecular formula is C11H24N2. The Hall–Kier alpha value is -0.0800. The van der Waals surface area contributed by atoms with Crippen LogP contribution in [0.25, 0.3) is 0 Å². The molecule has 1 aliphatic rings. The zero-order chi connectivity index (χ0) is 9.84. The van der Waals surface area contributed by atoms with Crippen molar-refractivity contribution in [2.24, 2.45) is 17.6 Å². The maximum Gasteiger partial charge on any atom is 0.00450 e. The van der Waals surface area contributed by atoms with Crippen LogP contribution in [0.1, 0.15) is 33.1 Å². The molecule has 1 fully saturated rings. The quantitative estimate of drug-likeness (QED) is 0.704. The van der Waals surface area contributed by atoms with Crippen LogP contribution in [0.4, 0.5) is 0 Å². The zero-order valence-electron chi connectivity index (χ0n) is 9.29. The molecule has 1 unspecified atom stereocenters. The van der Waals surface area contributed by atoms with Crippen molar-refractivity contribution in [3.63, 3.8) is 0 Å². The van der Waals surface area contributed by atoms with Crippen LogP contribution >= 0.6 is 0 Å². The van der Waals surface area contributed by atoms with Crippen LogP contribution in [0.3, 0.4) is 0 Å². The summed E-state index contributed by atoms with van der Waals surface area (Å²) in [5.74, 6) is 1.71. The van der Waals surface area contributed by atoms with Crippen molar-refractivity contribution in [3.05, 3.63) is 0 Å². The fourth-order valence-electron chi connectivity index (χ4n) is 2.11. The minimum absolute atomic E-state index is 0.502. The number of nitrogens with zero attached hydrogens (tertiary/aromatic N) is 1. The Morgan fingerprint density at radius 2 is 2.08 bits per heavy atom. The van der Waals surface area contributed by atoms with Crippen LogP contribution in [0.2, 0.25) is 0 Å². The Morgan fingerprint density at radius 1 is 1.46 bits per heavy atom. The molecule has 1 rings (SSSR count). The molecule has 0 aliphatic heterocycles. The molecule has 0 heterocycles. The van der Waals surface area contributed by atoms with Crippen LogP contribution < -0.4 is 5.73 Å². The van der Waals surface area contributed by atoms with E-state index >= 15 is 0 Å². The topological polar surface area (TPSA) is 29.3 Å². The molecule has 0 amide bonds. The molecule has 0 aromatic rings. The molecule has 0 saturated heterocycles. The van der Waals surface area contributed by atoms with E-state index in [4.69, 9.17) is 5.73 Å². The smallest absolute Gasteiger partial charge is 0.00450 e. The lowest BCUT2D eigenvalue weighted by atomic mass is 9.80. The Bertz CT molecular complexity index is 141. The Morgan fingerprint density at radius 3 is 2.54 bits per heavy atom. The van der Waals surface area contributed by atoms with Gasteiger partial charge in [-0.3, -0.25) is 0 Å². The van der Waals surface area contributed by atoms with E-state index in [1.54, 1.807) is 0 Å². The van der Waals surface area contributed by atoms with Crippen molar-refractivity contribution in [1.82, 2.24) is 4.90 Å². The van der Waals surface area contributed by atoms with Crippen molar-refractivity contribution in [2.45, 2.75) is 39.2 Å². The molecule has 78 valence electrons. The van der Waals surface area contributed by atoms with E-state index in [9.17, 15) is 0 Å². The summed E-state index contributed by atoms with van der Waals surface area (Å²) in [4.78, 5) is 2.46. The van der Waals surface area contributed by atoms with Crippen LogP contribution in [0, 0.1) is 11.8 Å². The first kappa shape index (κ1) is 11.0. The molecule has 0 spiro atoms. The SMILES string of the molecule is CCC(C)CN(C)CC1CC(N)C1. The molecule has 0 radical (unpaired) electrons. The summed E-state index contributed by atoms with van der Waals surface area (Å²) >= 11 is 0. The van der Waals surface area contributed by atoms with E-state index in [1.807, 2.05) is 0 Å². The number of hydrogen-bond acceptors (Lipinski definition) is 2. The summed E-state index contributed by atoms with van der Waals surface area (Å²) in [6, 6.07) is 0.502. The van der Waals surface area contributed by atoms with Gasteiger partial charge in [-0.05, 0) is 31.7 Å². The van der Waals surface area contributed by atoms with Gasteiger partial charge in [0, 0.05) is 19.1 Å². The van der Waals surface area contributed by atoms with E-state index in [2.05, 4.69) is 25.8 Å². The van der Waals surface area contributed by atoms with E-state index in [0.29, 0.717) is 6.04 Å². The second-order valence-electron chi connectivity index (χ2n) is 4.83. The lowest BCUT2D eigenvalue weighted by molar-refractivity contribution is 0.169. The summed E-state index contributed by atoms with van der Waals surface area (Å²) in [6.07, 6.45) is 3.77. The third-order valence-electron chi connectivity index (χ3n) is 3.16. The highest BCUT2D eigenvalue weighted by Gasteiger charge is 2.26. The summed E-state index contributed by atoms with van der Waals surface area (Å²) in [5, 5.41) is 0. The van der Waals surface area contributed by atoms with Gasteiger partial charge in [-0.1, -0.05) is 20.3 Å². The van der Waals surface area contributed by atoms with Gasteiger partial charge in [-0.25, -0.2) is 0 Å². The highest BCUT2D eigenvalue weighted by molar-refractivity contribution is 4.83. The fraction of sp³-hybridized carbons (Fsp3) is 1.00. The second kappa shape index (κ2) is 4.97. The zero-order valence-corrected chi connectivity index (χ0v) is 9.29. The average Bonchev–Trinajstić information content (AvgIpc) is 2.01. The molecular weight excluding hydrogens is 160 g/mol. The van der Waals surface area contributed by atoms with E-state index in [-0.39, 0.29) is 0 Å². The maximum atomic E-state index is 5.75.